The SMILES string of the molecule is CN=COC1CCC(C(=O)NC)CC1. The van der Waals surface area contributed by atoms with E-state index in [2.05, 4.69) is 10.3 Å². The monoisotopic (exact) mass is 198 g/mol. The van der Waals surface area contributed by atoms with Gasteiger partial charge >= 0.3 is 0 Å². The number of aliphatic imine (C=N–C) groups is 1. The van der Waals surface area contributed by atoms with E-state index in [1.54, 1.807) is 14.1 Å². The molecule has 1 saturated carbocycles. The van der Waals surface area contributed by atoms with Crippen molar-refractivity contribution in [2.75, 3.05) is 14.1 Å². The number of carbonyl (C=O) groups excluding carboxylic acids is 1. The van der Waals surface area contributed by atoms with Crippen LogP contribution in [0, 0.1) is 5.92 Å². The molecule has 1 fully saturated rings. The molecule has 14 heavy (non-hydrogen) atoms. The third-order valence-corrected chi connectivity index (χ3v) is 2.65. The maximum Gasteiger partial charge on any atom is 0.222 e. The summed E-state index contributed by atoms with van der Waals surface area (Å²) in [6.07, 6.45) is 5.47. The molecule has 1 aliphatic carbocycles. The maximum atomic E-state index is 11.3. The van der Waals surface area contributed by atoms with Gasteiger partial charge in [-0.2, -0.15) is 0 Å². The van der Waals surface area contributed by atoms with Gasteiger partial charge < -0.3 is 10.1 Å². The fourth-order valence-corrected chi connectivity index (χ4v) is 1.81. The fourth-order valence-electron chi connectivity index (χ4n) is 1.81. The Morgan fingerprint density at radius 3 is 2.57 bits per heavy atom. The molecule has 0 spiro atoms. The normalized spacial score (nSPS) is 27.6. The molecule has 0 unspecified atom stereocenters. The highest BCUT2D eigenvalue weighted by Gasteiger charge is 2.25. The maximum absolute atomic E-state index is 11.3. The molecule has 1 rings (SSSR count). The van der Waals surface area contributed by atoms with E-state index in [-0.39, 0.29) is 17.9 Å². The van der Waals surface area contributed by atoms with Gasteiger partial charge in [0.25, 0.3) is 0 Å². The molecular formula is C10H18N2O2. The number of ether oxygens (including phenoxy) is 1. The van der Waals surface area contributed by atoms with Crippen molar-refractivity contribution in [3.63, 3.8) is 0 Å². The zero-order chi connectivity index (χ0) is 10.4. The summed E-state index contributed by atoms with van der Waals surface area (Å²) in [7, 11) is 3.38. The van der Waals surface area contributed by atoms with Crippen LogP contribution in [-0.4, -0.2) is 32.5 Å². The molecule has 0 atom stereocenters. The van der Waals surface area contributed by atoms with E-state index in [4.69, 9.17) is 4.74 Å². The molecule has 0 bridgehead atoms. The van der Waals surface area contributed by atoms with Gasteiger partial charge in [-0.15, -0.1) is 0 Å². The summed E-state index contributed by atoms with van der Waals surface area (Å²) < 4.78 is 5.37. The minimum Gasteiger partial charge on any atom is -0.480 e. The second-order valence-electron chi connectivity index (χ2n) is 3.59. The van der Waals surface area contributed by atoms with Gasteiger partial charge in [-0.3, -0.25) is 9.79 Å². The summed E-state index contributed by atoms with van der Waals surface area (Å²) >= 11 is 0. The fraction of sp³-hybridized carbons (Fsp3) is 0.800. The standard InChI is InChI=1S/C10H18N2O2/c1-11-7-14-9-5-3-8(4-6-9)10(13)12-2/h7-9H,3-6H2,1-2H3,(H,12,13). The summed E-state index contributed by atoms with van der Waals surface area (Å²) in [5.74, 6) is 0.339. The summed E-state index contributed by atoms with van der Waals surface area (Å²) in [5.41, 5.74) is 0. The number of carbonyl (C=O) groups is 1. The van der Waals surface area contributed by atoms with Crippen LogP contribution in [0.4, 0.5) is 0 Å². The van der Waals surface area contributed by atoms with Crippen LogP contribution in [0.15, 0.2) is 4.99 Å². The van der Waals surface area contributed by atoms with Gasteiger partial charge in [0, 0.05) is 20.0 Å². The highest BCUT2D eigenvalue weighted by molar-refractivity contribution is 5.78. The largest absolute Gasteiger partial charge is 0.480 e. The van der Waals surface area contributed by atoms with Gasteiger partial charge in [-0.05, 0) is 25.7 Å². The number of amides is 1. The van der Waals surface area contributed by atoms with Crippen LogP contribution in [0.3, 0.4) is 0 Å². The van der Waals surface area contributed by atoms with E-state index >= 15 is 0 Å². The topological polar surface area (TPSA) is 50.7 Å². The lowest BCUT2D eigenvalue weighted by Gasteiger charge is -2.26. The predicted octanol–water partition coefficient (Wildman–Crippen LogP) is 0.966. The van der Waals surface area contributed by atoms with Crippen LogP contribution in [0.5, 0.6) is 0 Å². The molecule has 1 amide bonds. The van der Waals surface area contributed by atoms with Gasteiger partial charge in [-0.25, -0.2) is 0 Å². The lowest BCUT2D eigenvalue weighted by atomic mass is 9.87. The van der Waals surface area contributed by atoms with Gasteiger partial charge in [-0.1, -0.05) is 0 Å². The molecule has 0 aromatic carbocycles. The first-order valence-electron chi connectivity index (χ1n) is 5.05. The third kappa shape index (κ3) is 3.01. The Kier molecular flexibility index (Phi) is 4.43. The highest BCUT2D eigenvalue weighted by Crippen LogP contribution is 2.25. The first kappa shape index (κ1) is 11.0. The summed E-state index contributed by atoms with van der Waals surface area (Å²) in [6.45, 7) is 0. The minimum absolute atomic E-state index is 0.160. The van der Waals surface area contributed by atoms with Crippen molar-refractivity contribution in [2.45, 2.75) is 31.8 Å². The van der Waals surface area contributed by atoms with Crippen molar-refractivity contribution in [1.29, 1.82) is 0 Å². The van der Waals surface area contributed by atoms with E-state index < -0.39 is 0 Å². The Hall–Kier alpha value is -1.06. The van der Waals surface area contributed by atoms with Crippen molar-refractivity contribution in [3.8, 4) is 0 Å². The predicted molar refractivity (Wildman–Crippen MR) is 55.3 cm³/mol. The van der Waals surface area contributed by atoms with Crippen LogP contribution < -0.4 is 5.32 Å². The average molecular weight is 198 g/mol. The zero-order valence-corrected chi connectivity index (χ0v) is 8.82. The molecule has 0 radical (unpaired) electrons. The number of hydrogen-bond donors (Lipinski definition) is 1. The van der Waals surface area contributed by atoms with Gasteiger partial charge in [0.2, 0.25) is 5.91 Å². The Labute approximate surface area is 84.7 Å². The Balaban J connectivity index is 2.27. The van der Waals surface area contributed by atoms with Crippen LogP contribution >= 0.6 is 0 Å². The molecule has 0 heterocycles. The minimum atomic E-state index is 0.160. The van der Waals surface area contributed by atoms with Crippen LogP contribution in [0.2, 0.25) is 0 Å². The molecule has 0 aromatic rings. The van der Waals surface area contributed by atoms with E-state index in [0.29, 0.717) is 0 Å². The number of hydrogen-bond acceptors (Lipinski definition) is 3. The third-order valence-electron chi connectivity index (χ3n) is 2.65. The molecule has 1 N–H and O–H groups in total. The quantitative estimate of drug-likeness (QED) is 0.542. The van der Waals surface area contributed by atoms with Crippen LogP contribution in [0.1, 0.15) is 25.7 Å². The van der Waals surface area contributed by atoms with E-state index in [9.17, 15) is 4.79 Å². The van der Waals surface area contributed by atoms with Gasteiger partial charge in [0.1, 0.15) is 0 Å². The molecule has 0 aliphatic heterocycles. The Morgan fingerprint density at radius 1 is 1.43 bits per heavy atom. The molecule has 80 valence electrons. The molecule has 0 aromatic heterocycles. The van der Waals surface area contributed by atoms with Crippen molar-refractivity contribution < 1.29 is 9.53 Å². The van der Waals surface area contributed by atoms with Crippen molar-refractivity contribution in [1.82, 2.24) is 5.32 Å². The first-order valence-corrected chi connectivity index (χ1v) is 5.05. The summed E-state index contributed by atoms with van der Waals surface area (Å²) in [5, 5.41) is 2.69. The summed E-state index contributed by atoms with van der Waals surface area (Å²) in [6, 6.07) is 0. The smallest absolute Gasteiger partial charge is 0.222 e. The van der Waals surface area contributed by atoms with Crippen molar-refractivity contribution in [2.24, 2.45) is 10.9 Å². The number of rotatable bonds is 3. The lowest BCUT2D eigenvalue weighted by Crippen LogP contribution is -2.32. The lowest BCUT2D eigenvalue weighted by molar-refractivity contribution is -0.125. The van der Waals surface area contributed by atoms with E-state index in [0.717, 1.165) is 25.7 Å². The van der Waals surface area contributed by atoms with Crippen molar-refractivity contribution >= 4 is 12.3 Å². The first-order chi connectivity index (χ1) is 6.77. The molecule has 4 heteroatoms. The van der Waals surface area contributed by atoms with Crippen molar-refractivity contribution in [3.05, 3.63) is 0 Å². The Bertz CT molecular complexity index is 208. The Morgan fingerprint density at radius 2 is 2.07 bits per heavy atom. The second kappa shape index (κ2) is 5.62. The molecule has 1 aliphatic rings. The van der Waals surface area contributed by atoms with E-state index in [1.807, 2.05) is 0 Å². The highest BCUT2D eigenvalue weighted by atomic mass is 16.5. The molecule has 0 saturated heterocycles. The zero-order valence-electron chi connectivity index (χ0n) is 8.82. The van der Waals surface area contributed by atoms with E-state index in [1.165, 1.54) is 6.40 Å². The van der Waals surface area contributed by atoms with Crippen LogP contribution in [-0.2, 0) is 9.53 Å². The van der Waals surface area contributed by atoms with Gasteiger partial charge in [0.05, 0.1) is 6.10 Å². The summed E-state index contributed by atoms with van der Waals surface area (Å²) in [4.78, 5) is 15.1. The molecule has 4 nitrogen and oxygen atoms in total. The second-order valence-corrected chi connectivity index (χ2v) is 3.59. The van der Waals surface area contributed by atoms with Crippen LogP contribution in [0.25, 0.3) is 0 Å². The molecular weight excluding hydrogens is 180 g/mol. The average Bonchev–Trinajstić information content (AvgIpc) is 2.26. The number of nitrogens with zero attached hydrogens (tertiary/aromatic N) is 1. The van der Waals surface area contributed by atoms with Gasteiger partial charge in [0.15, 0.2) is 6.40 Å². The number of nitrogens with one attached hydrogen (secondary N) is 1.